The minimum absolute atomic E-state index is 0.00136. The van der Waals surface area contributed by atoms with Gasteiger partial charge in [0.15, 0.2) is 11.5 Å². The number of hydrogen-bond acceptors (Lipinski definition) is 8. The van der Waals surface area contributed by atoms with Crippen molar-refractivity contribution >= 4 is 33.4 Å². The van der Waals surface area contributed by atoms with Crippen LogP contribution in [0.5, 0.6) is 17.2 Å². The monoisotopic (exact) mass is 572 g/mol. The molecule has 2 fully saturated rings. The molecule has 3 aliphatic rings. The number of amides is 1. The molecule has 3 aliphatic heterocycles. The normalized spacial score (nSPS) is 23.3. The quantitative estimate of drug-likeness (QED) is 0.308. The fraction of sp³-hybridized carbons (Fsp3) is 0.407. The van der Waals surface area contributed by atoms with Crippen molar-refractivity contribution in [1.82, 2.24) is 9.80 Å². The van der Waals surface area contributed by atoms with Gasteiger partial charge in [0, 0.05) is 38.2 Å². The van der Waals surface area contributed by atoms with Crippen LogP contribution in [0, 0.1) is 0 Å². The number of carbonyl (C=O) groups is 2. The molecule has 10 heteroatoms. The van der Waals surface area contributed by atoms with Gasteiger partial charge in [0.1, 0.15) is 17.6 Å². The van der Waals surface area contributed by atoms with Crippen LogP contribution in [-0.4, -0.2) is 84.3 Å². The number of fused-ring (bicyclic) bond motifs is 1. The molecule has 0 aliphatic carbocycles. The van der Waals surface area contributed by atoms with Crippen LogP contribution in [0.3, 0.4) is 0 Å². The number of ether oxygens (including phenoxy) is 3. The highest BCUT2D eigenvalue weighted by Crippen LogP contribution is 2.44. The van der Waals surface area contributed by atoms with Gasteiger partial charge in [0.25, 0.3) is 11.7 Å². The molecule has 9 nitrogen and oxygen atoms in total. The maximum Gasteiger partial charge on any atom is 0.295 e. The number of likely N-dealkylation sites (tertiary alicyclic amines) is 1. The number of aliphatic hydroxyl groups excluding tert-OH is 1. The van der Waals surface area contributed by atoms with Gasteiger partial charge in [-0.25, -0.2) is 0 Å². The van der Waals surface area contributed by atoms with Crippen LogP contribution in [0.25, 0.3) is 5.76 Å². The Labute approximate surface area is 223 Å². The van der Waals surface area contributed by atoms with E-state index in [1.165, 1.54) is 12.0 Å². The number of aromatic hydroxyl groups is 1. The topological polar surface area (TPSA) is 109 Å². The molecular weight excluding hydrogens is 544 g/mol. The van der Waals surface area contributed by atoms with Crippen LogP contribution in [-0.2, 0) is 20.7 Å². The summed E-state index contributed by atoms with van der Waals surface area (Å²) in [5.41, 5.74) is 1.90. The number of halogens is 1. The molecule has 2 atom stereocenters. The highest BCUT2D eigenvalue weighted by atomic mass is 79.9. The van der Waals surface area contributed by atoms with Gasteiger partial charge in [-0.05, 0) is 64.3 Å². The number of carbonyl (C=O) groups excluding carboxylic acids is 2. The van der Waals surface area contributed by atoms with E-state index < -0.39 is 17.7 Å². The van der Waals surface area contributed by atoms with E-state index in [0.29, 0.717) is 41.8 Å². The Balaban J connectivity index is 1.59. The van der Waals surface area contributed by atoms with Crippen molar-refractivity contribution in [3.8, 4) is 17.2 Å². The highest BCUT2D eigenvalue weighted by Gasteiger charge is 2.46. The zero-order valence-electron chi connectivity index (χ0n) is 20.7. The number of rotatable bonds is 6. The Morgan fingerprint density at radius 3 is 2.65 bits per heavy atom. The van der Waals surface area contributed by atoms with Crippen LogP contribution >= 0.6 is 15.9 Å². The number of phenolic OH excluding ortho intramolecular Hbond substituents is 1. The summed E-state index contributed by atoms with van der Waals surface area (Å²) in [5.74, 6) is -0.837. The summed E-state index contributed by atoms with van der Waals surface area (Å²) in [6, 6.07) is 7.64. The van der Waals surface area contributed by atoms with Crippen molar-refractivity contribution in [2.24, 2.45) is 0 Å². The molecule has 2 aromatic carbocycles. The number of ketones is 1. The molecule has 0 radical (unpaired) electrons. The molecule has 2 N–H and O–H groups in total. The fourth-order valence-corrected chi connectivity index (χ4v) is 5.62. The first-order valence-electron chi connectivity index (χ1n) is 12.2. The van der Waals surface area contributed by atoms with Gasteiger partial charge in [-0.15, -0.1) is 0 Å². The lowest BCUT2D eigenvalue weighted by molar-refractivity contribution is -0.140. The zero-order chi connectivity index (χ0) is 26.3. The van der Waals surface area contributed by atoms with E-state index in [1.807, 2.05) is 6.92 Å². The van der Waals surface area contributed by atoms with Gasteiger partial charge in [0.2, 0.25) is 0 Å². The first-order valence-corrected chi connectivity index (χ1v) is 13.0. The lowest BCUT2D eigenvalue weighted by Gasteiger charge is -2.31. The molecule has 1 amide bonds. The van der Waals surface area contributed by atoms with Crippen molar-refractivity contribution in [3.05, 3.63) is 57.1 Å². The van der Waals surface area contributed by atoms with Gasteiger partial charge in [0.05, 0.1) is 36.4 Å². The third kappa shape index (κ3) is 4.81. The number of aliphatic hydroxyl groups is 1. The zero-order valence-corrected chi connectivity index (χ0v) is 22.3. The minimum atomic E-state index is -0.865. The molecule has 0 unspecified atom stereocenters. The Morgan fingerprint density at radius 2 is 1.92 bits per heavy atom. The van der Waals surface area contributed by atoms with Crippen molar-refractivity contribution in [1.29, 1.82) is 0 Å². The predicted molar refractivity (Wildman–Crippen MR) is 139 cm³/mol. The molecule has 0 aromatic heterocycles. The van der Waals surface area contributed by atoms with Gasteiger partial charge in [-0.1, -0.05) is 0 Å². The van der Waals surface area contributed by atoms with E-state index in [4.69, 9.17) is 14.2 Å². The van der Waals surface area contributed by atoms with Gasteiger partial charge < -0.3 is 29.3 Å². The molecule has 0 saturated carbocycles. The van der Waals surface area contributed by atoms with Gasteiger partial charge in [-0.3, -0.25) is 14.5 Å². The Morgan fingerprint density at radius 1 is 1.16 bits per heavy atom. The summed E-state index contributed by atoms with van der Waals surface area (Å²) < 4.78 is 16.9. The average Bonchev–Trinajstić information content (AvgIpc) is 3.39. The first kappa shape index (κ1) is 25.6. The van der Waals surface area contributed by atoms with Crippen molar-refractivity contribution in [2.45, 2.75) is 25.5 Å². The van der Waals surface area contributed by atoms with E-state index in [1.54, 1.807) is 30.3 Å². The predicted octanol–water partition coefficient (Wildman–Crippen LogP) is 3.24. The van der Waals surface area contributed by atoms with Crippen LogP contribution < -0.4 is 9.47 Å². The number of hydrogen-bond donors (Lipinski definition) is 2. The van der Waals surface area contributed by atoms with Crippen molar-refractivity contribution in [2.75, 3.05) is 46.5 Å². The van der Waals surface area contributed by atoms with E-state index in [0.717, 1.165) is 24.4 Å². The van der Waals surface area contributed by atoms with Crippen LogP contribution in [0.1, 0.15) is 29.7 Å². The van der Waals surface area contributed by atoms with E-state index in [2.05, 4.69) is 20.8 Å². The highest BCUT2D eigenvalue weighted by molar-refractivity contribution is 9.10. The summed E-state index contributed by atoms with van der Waals surface area (Å²) in [7, 11) is 1.42. The SMILES string of the molecule is COc1cc([C@@H]2/C(=C(\O)c3ccc4c(c3)C[C@H](C)O4)C(=O)C(=O)N2CCN2CCOCC2)cc(Br)c1O. The van der Waals surface area contributed by atoms with Crippen LogP contribution in [0.4, 0.5) is 0 Å². The van der Waals surface area contributed by atoms with Crippen LogP contribution in [0.15, 0.2) is 40.4 Å². The Hall–Kier alpha value is -3.08. The van der Waals surface area contributed by atoms with E-state index in [9.17, 15) is 19.8 Å². The summed E-state index contributed by atoms with van der Waals surface area (Å²) in [5, 5.41) is 21.8. The molecule has 0 spiro atoms. The van der Waals surface area contributed by atoms with E-state index >= 15 is 0 Å². The third-order valence-corrected chi connectivity index (χ3v) is 7.66. The van der Waals surface area contributed by atoms with Crippen LogP contribution in [0.2, 0.25) is 0 Å². The number of Topliss-reactive ketones (excluding diaryl/α,β-unsaturated/α-hetero) is 1. The molecule has 5 rings (SSSR count). The molecule has 196 valence electrons. The number of benzene rings is 2. The number of methoxy groups -OCH3 is 1. The number of morpholine rings is 1. The molecule has 2 aromatic rings. The summed E-state index contributed by atoms with van der Waals surface area (Å²) in [6.45, 7) is 5.51. The molecule has 2 saturated heterocycles. The van der Waals surface area contributed by atoms with Crippen molar-refractivity contribution < 1.29 is 34.0 Å². The standard InChI is InChI=1S/C27H29BrN2O7/c1-15-11-17-12-16(3-4-20(17)37-15)24(31)22-23(18-13-19(28)25(32)21(14-18)35-2)30(27(34)26(22)33)6-5-29-7-9-36-10-8-29/h3-4,12-15,23,31-32H,5-11H2,1-2H3/b24-22+/t15-,23+/m0/s1. The maximum absolute atomic E-state index is 13.4. The lowest BCUT2D eigenvalue weighted by Crippen LogP contribution is -2.42. The van der Waals surface area contributed by atoms with Gasteiger partial charge >= 0.3 is 0 Å². The second kappa shape index (κ2) is 10.4. The summed E-state index contributed by atoms with van der Waals surface area (Å²) in [6.07, 6.45) is 0.718. The summed E-state index contributed by atoms with van der Waals surface area (Å²) in [4.78, 5) is 30.4. The fourth-order valence-electron chi connectivity index (χ4n) is 5.16. The number of phenols is 1. The second-order valence-electron chi connectivity index (χ2n) is 9.46. The summed E-state index contributed by atoms with van der Waals surface area (Å²) >= 11 is 3.34. The first-order chi connectivity index (χ1) is 17.8. The minimum Gasteiger partial charge on any atom is -0.507 e. The molecule has 0 bridgehead atoms. The average molecular weight is 573 g/mol. The second-order valence-corrected chi connectivity index (χ2v) is 10.3. The number of nitrogens with zero attached hydrogens (tertiary/aromatic N) is 2. The maximum atomic E-state index is 13.4. The Kier molecular flexibility index (Phi) is 7.15. The molecule has 37 heavy (non-hydrogen) atoms. The molecule has 3 heterocycles. The molecular formula is C27H29BrN2O7. The van der Waals surface area contributed by atoms with Gasteiger partial charge in [-0.2, -0.15) is 0 Å². The largest absolute Gasteiger partial charge is 0.507 e. The Bertz CT molecular complexity index is 1270. The van der Waals surface area contributed by atoms with E-state index in [-0.39, 0.29) is 35.5 Å². The lowest BCUT2D eigenvalue weighted by atomic mass is 9.94. The third-order valence-electron chi connectivity index (χ3n) is 7.06. The smallest absolute Gasteiger partial charge is 0.295 e. The van der Waals surface area contributed by atoms with Crippen molar-refractivity contribution in [3.63, 3.8) is 0 Å².